The molecule has 120 valence electrons. The number of ether oxygens (including phenoxy) is 3. The molecule has 0 atom stereocenters. The predicted octanol–water partition coefficient (Wildman–Crippen LogP) is 3.42. The Hall–Kier alpha value is -2.86. The van der Waals surface area contributed by atoms with Gasteiger partial charge in [0.25, 0.3) is 0 Å². The molecule has 6 heteroatoms. The fourth-order valence-electron chi connectivity index (χ4n) is 2.46. The topological polar surface area (TPSA) is 57.1 Å². The third-order valence-corrected chi connectivity index (χ3v) is 4.49. The normalized spacial score (nSPS) is 17.7. The maximum absolute atomic E-state index is 12.0. The number of fused-ring (bicyclic) bond motifs is 1. The third-order valence-electron chi connectivity index (χ3n) is 3.63. The van der Waals surface area contributed by atoms with Gasteiger partial charge in [-0.15, -0.1) is 11.3 Å². The molecule has 1 aromatic carbocycles. The molecule has 0 bridgehead atoms. The van der Waals surface area contributed by atoms with E-state index >= 15 is 0 Å². The minimum Gasteiger partial charge on any atom is -0.497 e. The number of methoxy groups -OCH3 is 1. The molecule has 1 aromatic heterocycles. The molecule has 4 rings (SSSR count). The summed E-state index contributed by atoms with van der Waals surface area (Å²) >= 11 is 1.48. The van der Waals surface area contributed by atoms with Crippen LogP contribution in [0.3, 0.4) is 0 Å². The van der Waals surface area contributed by atoms with Gasteiger partial charge < -0.3 is 14.2 Å². The molecule has 2 aliphatic heterocycles. The van der Waals surface area contributed by atoms with Gasteiger partial charge in [0.2, 0.25) is 5.90 Å². The summed E-state index contributed by atoms with van der Waals surface area (Å²) in [6, 6.07) is 9.38. The van der Waals surface area contributed by atoms with Crippen LogP contribution in [-0.2, 0) is 9.53 Å². The first kappa shape index (κ1) is 14.7. The van der Waals surface area contributed by atoms with Crippen molar-refractivity contribution in [2.45, 2.75) is 0 Å². The summed E-state index contributed by atoms with van der Waals surface area (Å²) in [6.45, 7) is 0.362. The molecule has 0 fully saturated rings. The summed E-state index contributed by atoms with van der Waals surface area (Å²) < 4.78 is 16.1. The van der Waals surface area contributed by atoms with Crippen LogP contribution in [0.1, 0.15) is 10.4 Å². The average Bonchev–Trinajstić information content (AvgIpc) is 3.25. The van der Waals surface area contributed by atoms with Crippen molar-refractivity contribution in [3.63, 3.8) is 0 Å². The average molecular weight is 339 g/mol. The third kappa shape index (κ3) is 2.72. The largest absolute Gasteiger partial charge is 0.497 e. The summed E-state index contributed by atoms with van der Waals surface area (Å²) in [5.41, 5.74) is 2.07. The predicted molar refractivity (Wildman–Crippen MR) is 91.5 cm³/mol. The minimum atomic E-state index is -0.445. The first-order valence-electron chi connectivity index (χ1n) is 7.31. The van der Waals surface area contributed by atoms with Crippen LogP contribution in [0, 0.1) is 0 Å². The van der Waals surface area contributed by atoms with E-state index in [-0.39, 0.29) is 5.70 Å². The second-order valence-electron chi connectivity index (χ2n) is 5.23. The van der Waals surface area contributed by atoms with Gasteiger partial charge in [-0.25, -0.2) is 9.79 Å². The summed E-state index contributed by atoms with van der Waals surface area (Å²) in [5, 5.41) is 1.91. The summed E-state index contributed by atoms with van der Waals surface area (Å²) in [7, 11) is 1.62. The van der Waals surface area contributed by atoms with Gasteiger partial charge in [0.1, 0.15) is 18.1 Å². The second kappa shape index (κ2) is 5.98. The van der Waals surface area contributed by atoms with Gasteiger partial charge in [-0.1, -0.05) is 6.07 Å². The fraction of sp³-hybridized carbons (Fsp3) is 0.111. The van der Waals surface area contributed by atoms with Crippen LogP contribution in [0.25, 0.3) is 6.08 Å². The van der Waals surface area contributed by atoms with Crippen LogP contribution in [-0.4, -0.2) is 25.6 Å². The molecule has 24 heavy (non-hydrogen) atoms. The Kier molecular flexibility index (Phi) is 3.66. The zero-order valence-electron chi connectivity index (χ0n) is 12.8. The molecular formula is C18H13NO4S. The standard InChI is InChI=1S/C18H13NO4S/c1-21-13-5-4-12-7-11(10-22-15(12)9-13)8-14-18(20)23-17(19-14)16-3-2-6-24-16/h2-9H,10H2,1H3/b14-8-. The number of hydrogen-bond donors (Lipinski definition) is 0. The summed E-state index contributed by atoms with van der Waals surface area (Å²) in [4.78, 5) is 17.1. The van der Waals surface area contributed by atoms with E-state index in [9.17, 15) is 4.79 Å². The number of cyclic esters (lactones) is 1. The maximum Gasteiger partial charge on any atom is 0.363 e. The van der Waals surface area contributed by atoms with E-state index in [1.165, 1.54) is 11.3 Å². The molecule has 0 N–H and O–H groups in total. The van der Waals surface area contributed by atoms with Crippen molar-refractivity contribution < 1.29 is 19.0 Å². The van der Waals surface area contributed by atoms with Gasteiger partial charge in [0, 0.05) is 11.6 Å². The quantitative estimate of drug-likeness (QED) is 0.635. The van der Waals surface area contributed by atoms with Crippen molar-refractivity contribution >= 4 is 29.3 Å². The van der Waals surface area contributed by atoms with Crippen LogP contribution in [0.2, 0.25) is 0 Å². The molecule has 0 amide bonds. The van der Waals surface area contributed by atoms with Crippen LogP contribution in [0.5, 0.6) is 11.5 Å². The summed E-state index contributed by atoms with van der Waals surface area (Å²) in [5.74, 6) is 1.41. The molecule has 0 unspecified atom stereocenters. The number of hydrogen-bond acceptors (Lipinski definition) is 6. The van der Waals surface area contributed by atoms with E-state index in [0.29, 0.717) is 12.5 Å². The van der Waals surface area contributed by atoms with E-state index in [0.717, 1.165) is 27.5 Å². The van der Waals surface area contributed by atoms with Crippen molar-refractivity contribution in [2.75, 3.05) is 13.7 Å². The van der Waals surface area contributed by atoms with Crippen molar-refractivity contribution in [1.82, 2.24) is 0 Å². The van der Waals surface area contributed by atoms with Gasteiger partial charge in [-0.05, 0) is 41.3 Å². The number of benzene rings is 1. The first-order valence-corrected chi connectivity index (χ1v) is 8.19. The maximum atomic E-state index is 12.0. The van der Waals surface area contributed by atoms with Crippen molar-refractivity contribution in [3.8, 4) is 11.5 Å². The number of nitrogens with zero attached hydrogens (tertiary/aromatic N) is 1. The second-order valence-corrected chi connectivity index (χ2v) is 6.17. The van der Waals surface area contributed by atoms with Crippen molar-refractivity contribution in [2.24, 2.45) is 4.99 Å². The van der Waals surface area contributed by atoms with Gasteiger partial charge in [-0.2, -0.15) is 0 Å². The highest BCUT2D eigenvalue weighted by molar-refractivity contribution is 7.12. The zero-order valence-corrected chi connectivity index (χ0v) is 13.6. The SMILES string of the molecule is COc1ccc2c(c1)OCC(/C=C1\N=C(c3cccs3)OC1=O)=C2. The molecule has 0 spiro atoms. The highest BCUT2D eigenvalue weighted by atomic mass is 32.1. The zero-order chi connectivity index (χ0) is 16.5. The lowest BCUT2D eigenvalue weighted by Gasteiger charge is -2.16. The van der Waals surface area contributed by atoms with E-state index < -0.39 is 5.97 Å². The number of carbonyl (C=O) groups excluding carboxylic acids is 1. The highest BCUT2D eigenvalue weighted by Gasteiger charge is 2.25. The van der Waals surface area contributed by atoms with Gasteiger partial charge in [0.05, 0.1) is 12.0 Å². The Balaban J connectivity index is 1.63. The van der Waals surface area contributed by atoms with Crippen LogP contribution < -0.4 is 9.47 Å². The Bertz CT molecular complexity index is 894. The van der Waals surface area contributed by atoms with Crippen molar-refractivity contribution in [1.29, 1.82) is 0 Å². The Morgan fingerprint density at radius 1 is 1.33 bits per heavy atom. The van der Waals surface area contributed by atoms with Crippen LogP contribution in [0.15, 0.2) is 58.1 Å². The van der Waals surface area contributed by atoms with Gasteiger partial charge in [0.15, 0.2) is 5.70 Å². The molecule has 0 radical (unpaired) electrons. The minimum absolute atomic E-state index is 0.283. The number of rotatable bonds is 3. The molecule has 2 aromatic rings. The van der Waals surface area contributed by atoms with Crippen molar-refractivity contribution in [3.05, 3.63) is 63.5 Å². The Morgan fingerprint density at radius 3 is 3.04 bits per heavy atom. The fourth-order valence-corrected chi connectivity index (χ4v) is 3.11. The number of aliphatic imine (C=N–C) groups is 1. The molecule has 0 saturated heterocycles. The van der Waals surface area contributed by atoms with E-state index in [2.05, 4.69) is 4.99 Å². The first-order chi connectivity index (χ1) is 11.7. The van der Waals surface area contributed by atoms with Gasteiger partial charge in [-0.3, -0.25) is 0 Å². The van der Waals surface area contributed by atoms with E-state index in [1.807, 2.05) is 41.8 Å². The van der Waals surface area contributed by atoms with Crippen LogP contribution >= 0.6 is 11.3 Å². The molecule has 2 aliphatic rings. The lowest BCUT2D eigenvalue weighted by Crippen LogP contribution is -2.08. The molecule has 5 nitrogen and oxygen atoms in total. The Labute approximate surface area is 142 Å². The lowest BCUT2D eigenvalue weighted by atomic mass is 10.1. The lowest BCUT2D eigenvalue weighted by molar-refractivity contribution is -0.130. The van der Waals surface area contributed by atoms with E-state index in [4.69, 9.17) is 14.2 Å². The number of esters is 1. The monoisotopic (exact) mass is 339 g/mol. The smallest absolute Gasteiger partial charge is 0.363 e. The molecule has 0 saturated carbocycles. The number of carbonyl (C=O) groups is 1. The molecule has 0 aliphatic carbocycles. The summed E-state index contributed by atoms with van der Waals surface area (Å²) in [6.07, 6.45) is 3.67. The van der Waals surface area contributed by atoms with E-state index in [1.54, 1.807) is 13.2 Å². The Morgan fingerprint density at radius 2 is 2.25 bits per heavy atom. The van der Waals surface area contributed by atoms with Crippen LogP contribution in [0.4, 0.5) is 0 Å². The molecular weight excluding hydrogens is 326 g/mol. The van der Waals surface area contributed by atoms with Gasteiger partial charge >= 0.3 is 5.97 Å². The number of thiophene rings is 1. The molecule has 3 heterocycles. The highest BCUT2D eigenvalue weighted by Crippen LogP contribution is 2.31.